The third-order valence-electron chi connectivity index (χ3n) is 4.76. The highest BCUT2D eigenvalue weighted by atomic mass is 32.2. The van der Waals surface area contributed by atoms with Crippen LogP contribution in [-0.2, 0) is 24.7 Å². The summed E-state index contributed by atoms with van der Waals surface area (Å²) in [6.45, 7) is 1.21. The Labute approximate surface area is 203 Å². The van der Waals surface area contributed by atoms with Gasteiger partial charge in [0.2, 0.25) is 0 Å². The van der Waals surface area contributed by atoms with Gasteiger partial charge in [-0.15, -0.1) is 11.3 Å². The summed E-state index contributed by atoms with van der Waals surface area (Å²) in [6, 6.07) is 2.36. The molecule has 0 unspecified atom stereocenters. The molecule has 1 aromatic heterocycles. The molecule has 188 valence electrons. The molecule has 15 nitrogen and oxygen atoms in total. The lowest BCUT2D eigenvalue weighted by Gasteiger charge is -2.42. The maximum absolute atomic E-state index is 12.8. The number of rotatable bonds is 10. The van der Waals surface area contributed by atoms with Crippen LogP contribution < -0.4 is 27.3 Å². The number of nitrogens with zero attached hydrogens (tertiary/aromatic N) is 3. The third kappa shape index (κ3) is 5.76. The second-order valence-corrected chi connectivity index (χ2v) is 9.34. The van der Waals surface area contributed by atoms with E-state index in [1.807, 2.05) is 0 Å². The second-order valence-electron chi connectivity index (χ2n) is 7.16. The smallest absolute Gasteiger partial charge is 0.362 e. The molecular formula is C18H22N8O7S2. The van der Waals surface area contributed by atoms with Crippen molar-refractivity contribution >= 4 is 55.8 Å². The van der Waals surface area contributed by atoms with Gasteiger partial charge in [0.15, 0.2) is 17.5 Å². The zero-order valence-corrected chi connectivity index (χ0v) is 19.8. The highest BCUT2D eigenvalue weighted by Crippen LogP contribution is 2.24. The van der Waals surface area contributed by atoms with Gasteiger partial charge in [0.1, 0.15) is 29.9 Å². The lowest BCUT2D eigenvalue weighted by Crippen LogP contribution is -2.71. The molecule has 1 saturated heterocycles. The minimum absolute atomic E-state index is 0.0112. The van der Waals surface area contributed by atoms with Crippen LogP contribution in [0.1, 0.15) is 18.2 Å². The topological polar surface area (TPSA) is 249 Å². The summed E-state index contributed by atoms with van der Waals surface area (Å²) in [4.78, 5) is 34.0. The average Bonchev–Trinajstić information content (AvgIpc) is 3.20. The number of hydrogen-bond acceptors (Lipinski definition) is 12. The molecule has 9 N–H and O–H groups in total. The monoisotopic (exact) mass is 526 g/mol. The van der Waals surface area contributed by atoms with Crippen LogP contribution in [0, 0.1) is 5.41 Å². The summed E-state index contributed by atoms with van der Waals surface area (Å²) in [5.41, 5.74) is 17.3. The standard InChI is InChI=1S/C18H22N8O7S2/c1-8-13(17(28)26(8)35(29,30)31)24-16(27)14(11-7-34-18(22)23-11)25-33-5-4-32-12-3-2-9(15(20)21)6-10(12)19/h2-3,6-8,13H,4-5,19H2,1H3,(H3,20,21)(H2,22,23)(H,24,27)(H,29,30,31)/b25-14-/t8-,13-/m0/s1. The van der Waals surface area contributed by atoms with Gasteiger partial charge in [-0.25, -0.2) is 9.29 Å². The van der Waals surface area contributed by atoms with Crippen LogP contribution >= 0.6 is 11.3 Å². The number of carbonyl (C=O) groups is 2. The fourth-order valence-corrected chi connectivity index (χ4v) is 4.49. The van der Waals surface area contributed by atoms with Crippen molar-refractivity contribution in [2.75, 3.05) is 24.7 Å². The van der Waals surface area contributed by atoms with E-state index in [0.29, 0.717) is 11.3 Å². The van der Waals surface area contributed by atoms with Gasteiger partial charge >= 0.3 is 10.3 Å². The lowest BCUT2D eigenvalue weighted by atomic mass is 10.0. The van der Waals surface area contributed by atoms with E-state index in [1.165, 1.54) is 18.4 Å². The zero-order chi connectivity index (χ0) is 25.9. The van der Waals surface area contributed by atoms with E-state index >= 15 is 0 Å². The molecule has 2 heterocycles. The summed E-state index contributed by atoms with van der Waals surface area (Å²) < 4.78 is 37.3. The SMILES string of the molecule is C[C@H]1[C@H](NC(=O)/C(=N\OCCOc2ccc(C(=N)N)cc2N)c2csc(N)n2)C(=O)N1S(=O)(=O)O. The number of anilines is 2. The number of nitrogens with one attached hydrogen (secondary N) is 2. The van der Waals surface area contributed by atoms with Gasteiger partial charge in [-0.1, -0.05) is 5.16 Å². The minimum atomic E-state index is -4.74. The molecule has 1 aliphatic rings. The van der Waals surface area contributed by atoms with Gasteiger partial charge in [-0.3, -0.25) is 19.6 Å². The van der Waals surface area contributed by atoms with Gasteiger partial charge in [-0.2, -0.15) is 8.42 Å². The van der Waals surface area contributed by atoms with E-state index in [9.17, 15) is 18.0 Å². The summed E-state index contributed by atoms with van der Waals surface area (Å²) in [7, 11) is -4.74. The number of benzene rings is 1. The van der Waals surface area contributed by atoms with Crippen LogP contribution in [0.25, 0.3) is 0 Å². The van der Waals surface area contributed by atoms with E-state index in [-0.39, 0.29) is 45.6 Å². The average molecular weight is 527 g/mol. The molecule has 35 heavy (non-hydrogen) atoms. The normalized spacial score (nSPS) is 18.1. The number of oxime groups is 1. The zero-order valence-electron chi connectivity index (χ0n) is 18.2. The van der Waals surface area contributed by atoms with E-state index in [2.05, 4.69) is 15.5 Å². The number of ether oxygens (including phenoxy) is 1. The largest absolute Gasteiger partial charge is 0.488 e. The molecule has 1 fully saturated rings. The molecule has 2 amide bonds. The highest BCUT2D eigenvalue weighted by molar-refractivity contribution is 7.84. The Morgan fingerprint density at radius 2 is 2.09 bits per heavy atom. The predicted octanol–water partition coefficient (Wildman–Crippen LogP) is -1.09. The van der Waals surface area contributed by atoms with Crippen LogP contribution in [-0.4, -0.2) is 70.9 Å². The Morgan fingerprint density at radius 3 is 2.63 bits per heavy atom. The molecular weight excluding hydrogens is 504 g/mol. The van der Waals surface area contributed by atoms with Crippen molar-refractivity contribution in [1.82, 2.24) is 14.6 Å². The van der Waals surface area contributed by atoms with E-state index in [4.69, 9.17) is 36.7 Å². The first-order valence-electron chi connectivity index (χ1n) is 9.79. The third-order valence-corrected chi connectivity index (χ3v) is 6.44. The number of nitrogen functional groups attached to an aromatic ring is 3. The first-order valence-corrected chi connectivity index (χ1v) is 12.1. The molecule has 0 spiro atoms. The summed E-state index contributed by atoms with van der Waals surface area (Å²) in [5, 5.41) is 15.1. The maximum atomic E-state index is 12.8. The van der Waals surface area contributed by atoms with Crippen molar-refractivity contribution in [1.29, 1.82) is 5.41 Å². The molecule has 1 aliphatic heterocycles. The number of thiazole rings is 1. The fourth-order valence-electron chi connectivity index (χ4n) is 3.06. The second kappa shape index (κ2) is 10.1. The van der Waals surface area contributed by atoms with Crippen molar-refractivity contribution in [3.63, 3.8) is 0 Å². The molecule has 2 atom stereocenters. The molecule has 17 heteroatoms. The van der Waals surface area contributed by atoms with Gasteiger partial charge in [0, 0.05) is 10.9 Å². The van der Waals surface area contributed by atoms with Gasteiger partial charge < -0.3 is 32.1 Å². The molecule has 0 saturated carbocycles. The van der Waals surface area contributed by atoms with Crippen molar-refractivity contribution in [3.05, 3.63) is 34.8 Å². The molecule has 3 rings (SSSR count). The van der Waals surface area contributed by atoms with Crippen LogP contribution in [0.4, 0.5) is 10.8 Å². The first-order chi connectivity index (χ1) is 16.4. The predicted molar refractivity (Wildman–Crippen MR) is 126 cm³/mol. The summed E-state index contributed by atoms with van der Waals surface area (Å²) in [6.07, 6.45) is 0. The van der Waals surface area contributed by atoms with Gasteiger partial charge in [-0.05, 0) is 25.1 Å². The Bertz CT molecular complexity index is 1290. The highest BCUT2D eigenvalue weighted by Gasteiger charge is 2.51. The fraction of sp³-hybridized carbons (Fsp3) is 0.278. The Balaban J connectivity index is 1.64. The van der Waals surface area contributed by atoms with E-state index in [0.717, 1.165) is 11.3 Å². The van der Waals surface area contributed by atoms with Crippen LogP contribution in [0.3, 0.4) is 0 Å². The maximum Gasteiger partial charge on any atom is 0.362 e. The number of amidine groups is 1. The van der Waals surface area contributed by atoms with Crippen molar-refractivity contribution < 1.29 is 32.1 Å². The molecule has 0 aliphatic carbocycles. The molecule has 0 radical (unpaired) electrons. The Morgan fingerprint density at radius 1 is 1.37 bits per heavy atom. The number of aromatic nitrogens is 1. The van der Waals surface area contributed by atoms with Crippen molar-refractivity contribution in [3.8, 4) is 5.75 Å². The van der Waals surface area contributed by atoms with Gasteiger partial charge in [0.25, 0.3) is 11.8 Å². The van der Waals surface area contributed by atoms with Crippen molar-refractivity contribution in [2.45, 2.75) is 19.0 Å². The van der Waals surface area contributed by atoms with Crippen LogP contribution in [0.15, 0.2) is 28.7 Å². The van der Waals surface area contributed by atoms with Crippen LogP contribution in [0.5, 0.6) is 5.75 Å². The lowest BCUT2D eigenvalue weighted by molar-refractivity contribution is -0.143. The molecule has 2 aromatic rings. The molecule has 1 aromatic carbocycles. The number of hydrogen-bond donors (Lipinski definition) is 6. The number of nitrogens with two attached hydrogens (primary N) is 3. The number of carbonyl (C=O) groups excluding carboxylic acids is 2. The quantitative estimate of drug-likeness (QED) is 0.0412. The van der Waals surface area contributed by atoms with Crippen molar-refractivity contribution in [2.24, 2.45) is 10.9 Å². The first kappa shape index (κ1) is 25.7. The Hall–Kier alpha value is -3.96. The Kier molecular flexibility index (Phi) is 7.42. The number of amides is 2. The van der Waals surface area contributed by atoms with E-state index in [1.54, 1.807) is 12.1 Å². The molecule has 0 bridgehead atoms. The number of β-lactam (4-membered cyclic amide) rings is 1. The minimum Gasteiger partial charge on any atom is -0.488 e. The summed E-state index contributed by atoms with van der Waals surface area (Å²) in [5.74, 6) is -1.69. The van der Waals surface area contributed by atoms with E-state index < -0.39 is 34.2 Å². The van der Waals surface area contributed by atoms with Crippen LogP contribution in [0.2, 0.25) is 0 Å². The van der Waals surface area contributed by atoms with Gasteiger partial charge in [0.05, 0.1) is 11.7 Å². The summed E-state index contributed by atoms with van der Waals surface area (Å²) >= 11 is 1.04.